The number of rotatable bonds is 5. The summed E-state index contributed by atoms with van der Waals surface area (Å²) in [6, 6.07) is 10.3. The number of carbonyl (C=O) groups is 1. The maximum absolute atomic E-state index is 12.8. The molecule has 3 aliphatic rings. The molecule has 2 heterocycles. The van der Waals surface area contributed by atoms with Gasteiger partial charge in [0, 0.05) is 19.7 Å². The first-order valence-electron chi connectivity index (χ1n) is 8.87. The maximum Gasteiger partial charge on any atom is 0.228 e. The van der Waals surface area contributed by atoms with Gasteiger partial charge in [0.2, 0.25) is 5.91 Å². The summed E-state index contributed by atoms with van der Waals surface area (Å²) >= 11 is 0. The van der Waals surface area contributed by atoms with Crippen LogP contribution in [0.25, 0.3) is 0 Å². The fourth-order valence-corrected chi connectivity index (χ4v) is 3.96. The number of carbonyl (C=O) groups excluding carboxylic acids is 1. The molecule has 4 nitrogen and oxygen atoms in total. The Morgan fingerprint density at radius 3 is 2.87 bits per heavy atom. The molecule has 4 heteroatoms. The van der Waals surface area contributed by atoms with Crippen LogP contribution in [0.1, 0.15) is 31.2 Å². The monoisotopic (exact) mass is 315 g/mol. The fraction of sp³-hybridized carbons (Fsp3) is 0.632. The van der Waals surface area contributed by atoms with Crippen molar-refractivity contribution in [3.05, 3.63) is 35.9 Å². The number of benzene rings is 1. The van der Waals surface area contributed by atoms with Gasteiger partial charge in [0.15, 0.2) is 6.29 Å². The smallest absolute Gasteiger partial charge is 0.228 e. The SMILES string of the molecule is O=C1C(COC2CCCCO2)C2CC2CN1Cc1ccccc1. The number of piperidine rings is 1. The number of hydrogen-bond donors (Lipinski definition) is 0. The lowest BCUT2D eigenvalue weighted by molar-refractivity contribution is -0.177. The van der Waals surface area contributed by atoms with Crippen molar-refractivity contribution in [2.75, 3.05) is 19.8 Å². The van der Waals surface area contributed by atoms with Crippen LogP contribution >= 0.6 is 0 Å². The average Bonchev–Trinajstić information content (AvgIpc) is 3.36. The zero-order valence-electron chi connectivity index (χ0n) is 13.5. The summed E-state index contributed by atoms with van der Waals surface area (Å²) in [5.41, 5.74) is 1.20. The minimum atomic E-state index is -0.0988. The van der Waals surface area contributed by atoms with Crippen LogP contribution in [0.5, 0.6) is 0 Å². The second-order valence-electron chi connectivity index (χ2n) is 7.10. The summed E-state index contributed by atoms with van der Waals surface area (Å²) in [6.07, 6.45) is 4.32. The van der Waals surface area contributed by atoms with Crippen molar-refractivity contribution in [2.45, 2.75) is 38.5 Å². The largest absolute Gasteiger partial charge is 0.353 e. The predicted octanol–water partition coefficient (Wildman–Crippen LogP) is 2.82. The minimum Gasteiger partial charge on any atom is -0.353 e. The molecule has 124 valence electrons. The van der Waals surface area contributed by atoms with E-state index in [1.807, 2.05) is 23.1 Å². The van der Waals surface area contributed by atoms with Crippen LogP contribution in [0.4, 0.5) is 0 Å². The Kier molecular flexibility index (Phi) is 4.36. The van der Waals surface area contributed by atoms with E-state index in [0.29, 0.717) is 18.4 Å². The van der Waals surface area contributed by atoms with Gasteiger partial charge in [-0.15, -0.1) is 0 Å². The van der Waals surface area contributed by atoms with Crippen LogP contribution in [0, 0.1) is 17.8 Å². The van der Waals surface area contributed by atoms with Gasteiger partial charge in [0.1, 0.15) is 0 Å². The molecule has 0 spiro atoms. The molecule has 0 N–H and O–H groups in total. The average molecular weight is 315 g/mol. The maximum atomic E-state index is 12.8. The summed E-state index contributed by atoms with van der Waals surface area (Å²) < 4.78 is 11.5. The van der Waals surface area contributed by atoms with Gasteiger partial charge in [0.25, 0.3) is 0 Å². The van der Waals surface area contributed by atoms with Gasteiger partial charge in [0.05, 0.1) is 12.5 Å². The molecule has 2 saturated heterocycles. The molecular weight excluding hydrogens is 290 g/mol. The molecule has 4 rings (SSSR count). The topological polar surface area (TPSA) is 38.8 Å². The normalized spacial score (nSPS) is 33.4. The summed E-state index contributed by atoms with van der Waals surface area (Å²) in [5, 5.41) is 0. The lowest BCUT2D eigenvalue weighted by Gasteiger charge is -2.33. The van der Waals surface area contributed by atoms with E-state index in [-0.39, 0.29) is 18.1 Å². The van der Waals surface area contributed by atoms with Crippen molar-refractivity contribution >= 4 is 5.91 Å². The Morgan fingerprint density at radius 1 is 1.22 bits per heavy atom. The Labute approximate surface area is 137 Å². The lowest BCUT2D eigenvalue weighted by Crippen LogP contribution is -2.44. The van der Waals surface area contributed by atoms with E-state index in [1.54, 1.807) is 0 Å². The highest BCUT2D eigenvalue weighted by Gasteiger charge is 2.52. The minimum absolute atomic E-state index is 0.0305. The van der Waals surface area contributed by atoms with Crippen LogP contribution in [0.2, 0.25) is 0 Å². The molecule has 1 saturated carbocycles. The Balaban J connectivity index is 1.36. The number of amides is 1. The molecule has 2 aliphatic heterocycles. The fourth-order valence-electron chi connectivity index (χ4n) is 3.96. The van der Waals surface area contributed by atoms with Crippen molar-refractivity contribution in [1.82, 2.24) is 4.90 Å². The molecule has 4 unspecified atom stereocenters. The zero-order chi connectivity index (χ0) is 15.6. The lowest BCUT2D eigenvalue weighted by atomic mass is 9.96. The van der Waals surface area contributed by atoms with Crippen molar-refractivity contribution in [2.24, 2.45) is 17.8 Å². The van der Waals surface area contributed by atoms with Crippen LogP contribution in [-0.2, 0) is 20.8 Å². The molecule has 1 aliphatic carbocycles. The Bertz CT molecular complexity index is 541. The van der Waals surface area contributed by atoms with E-state index < -0.39 is 0 Å². The molecule has 4 atom stereocenters. The van der Waals surface area contributed by atoms with Gasteiger partial charge in [-0.1, -0.05) is 30.3 Å². The van der Waals surface area contributed by atoms with E-state index >= 15 is 0 Å². The van der Waals surface area contributed by atoms with Gasteiger partial charge < -0.3 is 14.4 Å². The van der Waals surface area contributed by atoms with Gasteiger partial charge in [-0.3, -0.25) is 4.79 Å². The number of fused-ring (bicyclic) bond motifs is 1. The van der Waals surface area contributed by atoms with Crippen molar-refractivity contribution in [3.8, 4) is 0 Å². The molecule has 3 fully saturated rings. The molecule has 1 amide bonds. The van der Waals surface area contributed by atoms with E-state index in [0.717, 1.165) is 39.0 Å². The number of likely N-dealkylation sites (tertiary alicyclic amines) is 1. The Hall–Kier alpha value is -1.39. The highest BCUT2D eigenvalue weighted by molar-refractivity contribution is 5.81. The van der Waals surface area contributed by atoms with E-state index in [4.69, 9.17) is 9.47 Å². The third-order valence-electron chi connectivity index (χ3n) is 5.39. The molecule has 23 heavy (non-hydrogen) atoms. The van der Waals surface area contributed by atoms with Crippen LogP contribution < -0.4 is 0 Å². The first-order chi connectivity index (χ1) is 11.3. The standard InChI is InChI=1S/C19H25NO3/c21-19-17(13-23-18-8-4-5-9-22-18)16-10-15(16)12-20(19)11-14-6-2-1-3-7-14/h1-3,6-7,15-18H,4-5,8-13H2. The molecule has 1 aromatic carbocycles. The van der Waals surface area contributed by atoms with E-state index in [9.17, 15) is 4.79 Å². The van der Waals surface area contributed by atoms with Gasteiger partial charge in [-0.2, -0.15) is 0 Å². The van der Waals surface area contributed by atoms with Crippen LogP contribution in [0.15, 0.2) is 30.3 Å². The summed E-state index contributed by atoms with van der Waals surface area (Å²) in [6.45, 7) is 2.94. The van der Waals surface area contributed by atoms with Gasteiger partial charge >= 0.3 is 0 Å². The first-order valence-corrected chi connectivity index (χ1v) is 8.87. The molecule has 0 aromatic heterocycles. The molecule has 0 bridgehead atoms. The zero-order valence-corrected chi connectivity index (χ0v) is 13.5. The quantitative estimate of drug-likeness (QED) is 0.839. The van der Waals surface area contributed by atoms with E-state index in [2.05, 4.69) is 12.1 Å². The van der Waals surface area contributed by atoms with Gasteiger partial charge in [-0.05, 0) is 43.1 Å². The summed E-state index contributed by atoms with van der Waals surface area (Å²) in [4.78, 5) is 14.9. The summed E-state index contributed by atoms with van der Waals surface area (Å²) in [5.74, 6) is 1.52. The number of nitrogens with zero attached hydrogens (tertiary/aromatic N) is 1. The number of hydrogen-bond acceptors (Lipinski definition) is 3. The van der Waals surface area contributed by atoms with Crippen LogP contribution in [0.3, 0.4) is 0 Å². The third kappa shape index (κ3) is 3.43. The highest BCUT2D eigenvalue weighted by atomic mass is 16.7. The van der Waals surface area contributed by atoms with Crippen molar-refractivity contribution in [1.29, 1.82) is 0 Å². The number of ether oxygens (including phenoxy) is 2. The summed E-state index contributed by atoms with van der Waals surface area (Å²) in [7, 11) is 0. The predicted molar refractivity (Wildman–Crippen MR) is 86.5 cm³/mol. The molecule has 1 aromatic rings. The van der Waals surface area contributed by atoms with Crippen LogP contribution in [-0.4, -0.2) is 36.9 Å². The van der Waals surface area contributed by atoms with Crippen molar-refractivity contribution in [3.63, 3.8) is 0 Å². The first kappa shape index (κ1) is 15.2. The third-order valence-corrected chi connectivity index (χ3v) is 5.39. The second kappa shape index (κ2) is 6.62. The Morgan fingerprint density at radius 2 is 2.09 bits per heavy atom. The van der Waals surface area contributed by atoms with Gasteiger partial charge in [-0.25, -0.2) is 0 Å². The molecular formula is C19H25NO3. The molecule has 0 radical (unpaired) electrons. The van der Waals surface area contributed by atoms with Crippen molar-refractivity contribution < 1.29 is 14.3 Å². The van der Waals surface area contributed by atoms with E-state index in [1.165, 1.54) is 12.0 Å². The highest BCUT2D eigenvalue weighted by Crippen LogP contribution is 2.49. The second-order valence-corrected chi connectivity index (χ2v) is 7.10.